The summed E-state index contributed by atoms with van der Waals surface area (Å²) in [5, 5.41) is 10.0. The Morgan fingerprint density at radius 3 is 2.58 bits per heavy atom. The summed E-state index contributed by atoms with van der Waals surface area (Å²) in [6, 6.07) is 2.80. The van der Waals surface area contributed by atoms with Gasteiger partial charge < -0.3 is 11.1 Å². The molecule has 0 aliphatic rings. The number of benzene rings is 1. The average molecular weight is 302 g/mol. The van der Waals surface area contributed by atoms with Crippen molar-refractivity contribution in [2.75, 3.05) is 16.8 Å². The van der Waals surface area contributed by atoms with Crippen molar-refractivity contribution in [3.05, 3.63) is 29.8 Å². The average Bonchev–Trinajstić information content (AvgIpc) is 2.71. The van der Waals surface area contributed by atoms with E-state index in [-0.39, 0.29) is 11.4 Å². The topological polar surface area (TPSA) is 80.9 Å². The van der Waals surface area contributed by atoms with Crippen LogP contribution in [0.5, 0.6) is 0 Å². The second-order valence-corrected chi connectivity index (χ2v) is 5.63. The van der Waals surface area contributed by atoms with Crippen LogP contribution in [0.4, 0.5) is 19.6 Å². The molecular formula is C10H8F2N4OS2. The first-order valence-corrected chi connectivity index (χ1v) is 6.81. The Bertz CT molecular complexity index is 585. The number of carbonyl (C=O) groups is 1. The molecule has 1 heterocycles. The minimum Gasteiger partial charge on any atom is -0.374 e. The third-order valence-electron chi connectivity index (χ3n) is 1.90. The molecule has 0 aliphatic heterocycles. The van der Waals surface area contributed by atoms with Crippen LogP contribution in [-0.4, -0.2) is 21.9 Å². The van der Waals surface area contributed by atoms with E-state index in [4.69, 9.17) is 5.73 Å². The molecular weight excluding hydrogens is 294 g/mol. The molecule has 0 saturated heterocycles. The minimum atomic E-state index is -0.750. The number of nitrogens with one attached hydrogen (secondary N) is 1. The van der Waals surface area contributed by atoms with Gasteiger partial charge in [-0.05, 0) is 12.1 Å². The van der Waals surface area contributed by atoms with Crippen LogP contribution in [0.15, 0.2) is 22.5 Å². The molecule has 1 amide bonds. The lowest BCUT2D eigenvalue weighted by Crippen LogP contribution is -2.14. The van der Waals surface area contributed by atoms with E-state index in [1.54, 1.807) is 0 Å². The van der Waals surface area contributed by atoms with Crippen LogP contribution in [0.3, 0.4) is 0 Å². The Labute approximate surface area is 115 Å². The second-order valence-electron chi connectivity index (χ2n) is 3.40. The third-order valence-corrected chi connectivity index (χ3v) is 3.78. The fourth-order valence-electron chi connectivity index (χ4n) is 1.23. The summed E-state index contributed by atoms with van der Waals surface area (Å²) in [6.07, 6.45) is 0. The number of nitrogen functional groups attached to an aromatic ring is 1. The smallest absolute Gasteiger partial charge is 0.234 e. The molecule has 3 N–H and O–H groups in total. The van der Waals surface area contributed by atoms with Crippen LogP contribution in [-0.2, 0) is 4.79 Å². The SMILES string of the molecule is Nc1nnc(SCC(=O)Nc2cc(F)cc(F)c2)s1. The normalized spacial score (nSPS) is 10.4. The fourth-order valence-corrected chi connectivity index (χ4v) is 2.67. The Balaban J connectivity index is 1.90. The van der Waals surface area contributed by atoms with Crippen LogP contribution in [0, 0.1) is 11.6 Å². The van der Waals surface area contributed by atoms with Gasteiger partial charge in [-0.15, -0.1) is 10.2 Å². The zero-order chi connectivity index (χ0) is 13.8. The zero-order valence-corrected chi connectivity index (χ0v) is 11.0. The molecule has 19 heavy (non-hydrogen) atoms. The second kappa shape index (κ2) is 5.93. The quantitative estimate of drug-likeness (QED) is 0.846. The van der Waals surface area contributed by atoms with Gasteiger partial charge in [0.05, 0.1) is 5.75 Å². The lowest BCUT2D eigenvalue weighted by molar-refractivity contribution is -0.113. The molecule has 0 atom stereocenters. The van der Waals surface area contributed by atoms with Crippen molar-refractivity contribution in [2.45, 2.75) is 4.34 Å². The first kappa shape index (κ1) is 13.7. The van der Waals surface area contributed by atoms with Crippen molar-refractivity contribution in [1.29, 1.82) is 0 Å². The lowest BCUT2D eigenvalue weighted by atomic mass is 10.3. The van der Waals surface area contributed by atoms with Crippen molar-refractivity contribution in [1.82, 2.24) is 10.2 Å². The highest BCUT2D eigenvalue weighted by Crippen LogP contribution is 2.23. The molecule has 1 aromatic heterocycles. The highest BCUT2D eigenvalue weighted by atomic mass is 32.2. The number of hydrogen-bond acceptors (Lipinski definition) is 6. The van der Waals surface area contributed by atoms with Crippen molar-refractivity contribution in [3.8, 4) is 0 Å². The van der Waals surface area contributed by atoms with Crippen LogP contribution >= 0.6 is 23.1 Å². The van der Waals surface area contributed by atoms with E-state index in [1.807, 2.05) is 0 Å². The number of aromatic nitrogens is 2. The van der Waals surface area contributed by atoms with E-state index >= 15 is 0 Å². The molecule has 0 radical (unpaired) electrons. The molecule has 0 unspecified atom stereocenters. The van der Waals surface area contributed by atoms with E-state index in [1.165, 1.54) is 0 Å². The summed E-state index contributed by atoms with van der Waals surface area (Å²) in [7, 11) is 0. The van der Waals surface area contributed by atoms with E-state index in [0.29, 0.717) is 9.47 Å². The zero-order valence-electron chi connectivity index (χ0n) is 9.39. The molecule has 0 spiro atoms. The summed E-state index contributed by atoms with van der Waals surface area (Å²) in [5.74, 6) is -1.85. The largest absolute Gasteiger partial charge is 0.374 e. The van der Waals surface area contributed by atoms with Gasteiger partial charge in [0, 0.05) is 11.8 Å². The molecule has 2 aromatic rings. The highest BCUT2D eigenvalue weighted by Gasteiger charge is 2.08. The number of amides is 1. The number of nitrogens with two attached hydrogens (primary N) is 1. The number of thioether (sulfide) groups is 1. The number of nitrogens with zero attached hydrogens (tertiary/aromatic N) is 2. The molecule has 2 rings (SSSR count). The predicted octanol–water partition coefficient (Wildman–Crippen LogP) is 2.13. The van der Waals surface area contributed by atoms with E-state index in [0.717, 1.165) is 41.3 Å². The molecule has 5 nitrogen and oxygen atoms in total. The van der Waals surface area contributed by atoms with Crippen LogP contribution in [0.1, 0.15) is 0 Å². The number of carbonyl (C=O) groups excluding carboxylic acids is 1. The summed E-state index contributed by atoms with van der Waals surface area (Å²) in [6.45, 7) is 0. The molecule has 0 saturated carbocycles. The Kier molecular flexibility index (Phi) is 4.27. The van der Waals surface area contributed by atoms with E-state index in [9.17, 15) is 13.6 Å². The lowest BCUT2D eigenvalue weighted by Gasteiger charge is -2.04. The minimum absolute atomic E-state index is 0.0484. The first-order valence-electron chi connectivity index (χ1n) is 5.00. The van der Waals surface area contributed by atoms with Gasteiger partial charge >= 0.3 is 0 Å². The van der Waals surface area contributed by atoms with Gasteiger partial charge in [-0.1, -0.05) is 23.1 Å². The van der Waals surface area contributed by atoms with Crippen molar-refractivity contribution >= 4 is 39.8 Å². The third kappa shape index (κ3) is 4.14. The van der Waals surface area contributed by atoms with Gasteiger partial charge in [-0.2, -0.15) is 0 Å². The summed E-state index contributed by atoms with van der Waals surface area (Å²) >= 11 is 2.30. The van der Waals surface area contributed by atoms with Crippen molar-refractivity contribution < 1.29 is 13.6 Å². The molecule has 0 bridgehead atoms. The van der Waals surface area contributed by atoms with Gasteiger partial charge in [0.25, 0.3) is 0 Å². The Morgan fingerprint density at radius 1 is 1.32 bits per heavy atom. The Morgan fingerprint density at radius 2 is 2.00 bits per heavy atom. The van der Waals surface area contributed by atoms with E-state index < -0.39 is 17.5 Å². The monoisotopic (exact) mass is 302 g/mol. The summed E-state index contributed by atoms with van der Waals surface area (Å²) < 4.78 is 26.4. The number of rotatable bonds is 4. The van der Waals surface area contributed by atoms with Crippen molar-refractivity contribution in [2.24, 2.45) is 0 Å². The first-order chi connectivity index (χ1) is 9.02. The molecule has 9 heteroatoms. The number of hydrogen-bond donors (Lipinski definition) is 2. The fraction of sp³-hybridized carbons (Fsp3) is 0.100. The predicted molar refractivity (Wildman–Crippen MR) is 70.0 cm³/mol. The van der Waals surface area contributed by atoms with Crippen LogP contribution in [0.2, 0.25) is 0 Å². The van der Waals surface area contributed by atoms with E-state index in [2.05, 4.69) is 15.5 Å². The molecule has 0 aliphatic carbocycles. The highest BCUT2D eigenvalue weighted by molar-refractivity contribution is 8.01. The summed E-state index contributed by atoms with van der Waals surface area (Å²) in [4.78, 5) is 11.6. The van der Waals surface area contributed by atoms with Gasteiger partial charge in [-0.25, -0.2) is 8.78 Å². The maximum Gasteiger partial charge on any atom is 0.234 e. The van der Waals surface area contributed by atoms with Gasteiger partial charge in [-0.3, -0.25) is 4.79 Å². The molecule has 100 valence electrons. The van der Waals surface area contributed by atoms with Crippen LogP contribution in [0.25, 0.3) is 0 Å². The maximum absolute atomic E-state index is 12.9. The van der Waals surface area contributed by atoms with Gasteiger partial charge in [0.1, 0.15) is 11.6 Å². The van der Waals surface area contributed by atoms with Gasteiger partial charge in [0.2, 0.25) is 11.0 Å². The van der Waals surface area contributed by atoms with Crippen molar-refractivity contribution in [3.63, 3.8) is 0 Å². The molecule has 0 fully saturated rings. The maximum atomic E-state index is 12.9. The molecule has 1 aromatic carbocycles. The van der Waals surface area contributed by atoms with Crippen LogP contribution < -0.4 is 11.1 Å². The standard InChI is InChI=1S/C10H8F2N4OS2/c11-5-1-6(12)3-7(2-5)14-8(17)4-18-10-16-15-9(13)19-10/h1-3H,4H2,(H2,13,15)(H,14,17). The number of halogens is 2. The van der Waals surface area contributed by atoms with Gasteiger partial charge in [0.15, 0.2) is 4.34 Å². The number of anilines is 2. The summed E-state index contributed by atoms with van der Waals surface area (Å²) in [5.41, 5.74) is 5.46. The Hall–Kier alpha value is -1.74.